The van der Waals surface area contributed by atoms with Crippen molar-refractivity contribution in [1.82, 2.24) is 4.98 Å². The van der Waals surface area contributed by atoms with Crippen molar-refractivity contribution >= 4 is 48.3 Å². The van der Waals surface area contributed by atoms with Crippen LogP contribution in [-0.2, 0) is 29.6 Å². The Hall–Kier alpha value is -3.96. The summed E-state index contributed by atoms with van der Waals surface area (Å²) >= 11 is 0. The van der Waals surface area contributed by atoms with Crippen molar-refractivity contribution in [3.8, 4) is 0 Å². The van der Waals surface area contributed by atoms with Crippen molar-refractivity contribution in [2.45, 2.75) is 30.6 Å². The van der Waals surface area contributed by atoms with Crippen LogP contribution in [0.1, 0.15) is 18.1 Å². The van der Waals surface area contributed by atoms with Crippen molar-refractivity contribution in [1.29, 1.82) is 0 Å². The number of carbonyl (C=O) groups is 1. The summed E-state index contributed by atoms with van der Waals surface area (Å²) in [7, 11) is -6.80. The summed E-state index contributed by atoms with van der Waals surface area (Å²) in [5.74, 6) is -0.626. The molecule has 0 spiro atoms. The summed E-state index contributed by atoms with van der Waals surface area (Å²) in [6.45, 7) is 4.82. The largest absolute Gasteiger partial charge is 0.465 e. The average Bonchev–Trinajstić information content (AvgIpc) is 2.91. The van der Waals surface area contributed by atoms with Crippen LogP contribution >= 0.6 is 0 Å². The summed E-state index contributed by atoms with van der Waals surface area (Å²) < 4.78 is 61.5. The molecule has 3 aromatic carbocycles. The van der Waals surface area contributed by atoms with Crippen molar-refractivity contribution in [3.05, 3.63) is 90.1 Å². The number of rotatable bonds is 9. The SMILES string of the molecule is CCOC(=O)CN(c1cnc(N(C)S(=O)(=O)c2ccc(C)cc2)c2ccccc12)S(=O)(=O)c1ccc(C)cc1. The highest BCUT2D eigenvalue weighted by molar-refractivity contribution is 7.93. The molecule has 4 aromatic rings. The van der Waals surface area contributed by atoms with Gasteiger partial charge in [-0.05, 0) is 45.0 Å². The number of hydrogen-bond donors (Lipinski definition) is 0. The van der Waals surface area contributed by atoms with E-state index in [0.29, 0.717) is 10.8 Å². The van der Waals surface area contributed by atoms with E-state index < -0.39 is 32.6 Å². The molecule has 1 aromatic heterocycles. The number of fused-ring (bicyclic) bond motifs is 1. The van der Waals surface area contributed by atoms with Gasteiger partial charge in [-0.25, -0.2) is 21.8 Å². The molecule has 0 aliphatic carbocycles. The minimum absolute atomic E-state index is 0.00961. The number of ether oxygens (including phenoxy) is 1. The molecule has 0 fully saturated rings. The number of aryl methyl sites for hydroxylation is 2. The number of nitrogens with zero attached hydrogens (tertiary/aromatic N) is 3. The maximum Gasteiger partial charge on any atom is 0.326 e. The molecule has 0 amide bonds. The lowest BCUT2D eigenvalue weighted by Crippen LogP contribution is -2.37. The number of hydrogen-bond acceptors (Lipinski definition) is 7. The Balaban J connectivity index is 1.88. The van der Waals surface area contributed by atoms with E-state index in [1.807, 2.05) is 13.8 Å². The fraction of sp³-hybridized carbons (Fsp3) is 0.214. The number of pyridine rings is 1. The lowest BCUT2D eigenvalue weighted by atomic mass is 10.1. The van der Waals surface area contributed by atoms with Crippen LogP contribution in [0.4, 0.5) is 11.5 Å². The molecule has 0 atom stereocenters. The highest BCUT2D eigenvalue weighted by Gasteiger charge is 2.31. The predicted octanol–water partition coefficient (Wildman–Crippen LogP) is 4.44. The minimum Gasteiger partial charge on any atom is -0.465 e. The molecular weight excluding hydrogens is 538 g/mol. The summed E-state index contributed by atoms with van der Waals surface area (Å²) in [4.78, 5) is 17.0. The molecule has 0 saturated carbocycles. The Morgan fingerprint density at radius 1 is 0.795 bits per heavy atom. The molecule has 0 aliphatic heterocycles. The topological polar surface area (TPSA) is 114 Å². The van der Waals surface area contributed by atoms with Gasteiger partial charge in [-0.1, -0.05) is 59.7 Å². The van der Waals surface area contributed by atoms with E-state index in [1.165, 1.54) is 37.5 Å². The van der Waals surface area contributed by atoms with Gasteiger partial charge in [-0.2, -0.15) is 0 Å². The Bertz CT molecular complexity index is 1720. The van der Waals surface area contributed by atoms with Crippen LogP contribution in [-0.4, -0.2) is 48.0 Å². The van der Waals surface area contributed by atoms with Gasteiger partial charge in [0, 0.05) is 17.8 Å². The van der Waals surface area contributed by atoms with Crippen LogP contribution in [0.25, 0.3) is 10.8 Å². The molecule has 0 radical (unpaired) electrons. The van der Waals surface area contributed by atoms with Gasteiger partial charge in [0.2, 0.25) is 0 Å². The third-order valence-corrected chi connectivity index (χ3v) is 9.72. The normalized spacial score (nSPS) is 11.8. The third kappa shape index (κ3) is 5.59. The summed E-state index contributed by atoms with van der Waals surface area (Å²) in [5, 5.41) is 0.787. The standard InChI is InChI=1S/C28H29N3O6S2/c1-5-37-27(32)19-31(39(35,36)23-16-12-21(3)13-17-23)26-18-29-28(25-9-7-6-8-24(25)26)30(4)38(33,34)22-14-10-20(2)11-15-22/h6-18H,5,19H2,1-4H3. The Kier molecular flexibility index (Phi) is 7.94. The maximum atomic E-state index is 13.8. The van der Waals surface area contributed by atoms with Gasteiger partial charge in [-0.3, -0.25) is 13.4 Å². The zero-order chi connectivity index (χ0) is 28.4. The fourth-order valence-corrected chi connectivity index (χ4v) is 6.64. The van der Waals surface area contributed by atoms with Crippen LogP contribution in [0.2, 0.25) is 0 Å². The van der Waals surface area contributed by atoms with Crippen LogP contribution in [0.15, 0.2) is 88.8 Å². The monoisotopic (exact) mass is 567 g/mol. The van der Waals surface area contributed by atoms with Crippen LogP contribution in [0, 0.1) is 13.8 Å². The zero-order valence-corrected chi connectivity index (χ0v) is 23.7. The summed E-state index contributed by atoms with van der Waals surface area (Å²) in [5.41, 5.74) is 1.91. The first-order valence-electron chi connectivity index (χ1n) is 12.1. The van der Waals surface area contributed by atoms with Crippen molar-refractivity contribution in [3.63, 3.8) is 0 Å². The van der Waals surface area contributed by atoms with Gasteiger partial charge >= 0.3 is 5.97 Å². The highest BCUT2D eigenvalue weighted by Crippen LogP contribution is 2.36. The average molecular weight is 568 g/mol. The minimum atomic E-state index is -4.22. The first kappa shape index (κ1) is 28.1. The fourth-order valence-electron chi connectivity index (χ4n) is 4.06. The molecule has 0 aliphatic rings. The van der Waals surface area contributed by atoms with E-state index in [9.17, 15) is 21.6 Å². The molecule has 0 saturated heterocycles. The Morgan fingerprint density at radius 2 is 1.31 bits per heavy atom. The third-order valence-electron chi connectivity index (χ3n) is 6.19. The molecular formula is C28H29N3O6S2. The van der Waals surface area contributed by atoms with Crippen molar-refractivity contribution in [2.24, 2.45) is 0 Å². The van der Waals surface area contributed by atoms with E-state index in [4.69, 9.17) is 4.74 Å². The predicted molar refractivity (Wildman–Crippen MR) is 151 cm³/mol. The Morgan fingerprint density at radius 3 is 1.85 bits per heavy atom. The van der Waals surface area contributed by atoms with Gasteiger partial charge in [0.15, 0.2) is 0 Å². The first-order valence-corrected chi connectivity index (χ1v) is 15.0. The molecule has 39 heavy (non-hydrogen) atoms. The molecule has 4 rings (SSSR count). The van der Waals surface area contributed by atoms with E-state index in [2.05, 4.69) is 4.98 Å². The molecule has 0 N–H and O–H groups in total. The smallest absolute Gasteiger partial charge is 0.326 e. The second-order valence-electron chi connectivity index (χ2n) is 8.93. The second-order valence-corrected chi connectivity index (χ2v) is 12.8. The quantitative estimate of drug-likeness (QED) is 0.275. The van der Waals surface area contributed by atoms with E-state index >= 15 is 0 Å². The second kappa shape index (κ2) is 11.0. The molecule has 0 bridgehead atoms. The number of anilines is 2. The number of sulfonamides is 2. The van der Waals surface area contributed by atoms with Gasteiger partial charge < -0.3 is 4.74 Å². The molecule has 1 heterocycles. The van der Waals surface area contributed by atoms with Gasteiger partial charge in [0.05, 0.1) is 28.3 Å². The zero-order valence-electron chi connectivity index (χ0n) is 22.0. The van der Waals surface area contributed by atoms with Crippen molar-refractivity contribution in [2.75, 3.05) is 28.8 Å². The molecule has 0 unspecified atom stereocenters. The van der Waals surface area contributed by atoms with Crippen LogP contribution in [0.5, 0.6) is 0 Å². The van der Waals surface area contributed by atoms with E-state index in [1.54, 1.807) is 55.5 Å². The maximum absolute atomic E-state index is 13.8. The van der Waals surface area contributed by atoms with Gasteiger partial charge in [0.25, 0.3) is 20.0 Å². The number of aromatic nitrogens is 1. The lowest BCUT2D eigenvalue weighted by molar-refractivity contribution is -0.141. The molecule has 9 nitrogen and oxygen atoms in total. The first-order chi connectivity index (χ1) is 18.5. The van der Waals surface area contributed by atoms with Gasteiger partial charge in [0.1, 0.15) is 12.4 Å². The molecule has 204 valence electrons. The Labute approximate surface area is 228 Å². The highest BCUT2D eigenvalue weighted by atomic mass is 32.2. The lowest BCUT2D eigenvalue weighted by Gasteiger charge is -2.26. The summed E-state index contributed by atoms with van der Waals surface area (Å²) in [6.07, 6.45) is 1.27. The van der Waals surface area contributed by atoms with Crippen molar-refractivity contribution < 1.29 is 26.4 Å². The number of carbonyl (C=O) groups excluding carboxylic acids is 1. The van der Waals surface area contributed by atoms with Crippen LogP contribution in [0.3, 0.4) is 0 Å². The number of benzene rings is 3. The van der Waals surface area contributed by atoms with Crippen LogP contribution < -0.4 is 8.61 Å². The van der Waals surface area contributed by atoms with Gasteiger partial charge in [-0.15, -0.1) is 0 Å². The van der Waals surface area contributed by atoms with E-state index in [0.717, 1.165) is 19.7 Å². The molecule has 11 heteroatoms. The number of esters is 1. The summed E-state index contributed by atoms with van der Waals surface area (Å²) in [6, 6.07) is 19.4. The van der Waals surface area contributed by atoms with E-state index in [-0.39, 0.29) is 27.9 Å².